The van der Waals surface area contributed by atoms with Crippen LogP contribution in [0, 0.1) is 0 Å². The quantitative estimate of drug-likeness (QED) is 0.742. The highest BCUT2D eigenvalue weighted by Gasteiger charge is 2.04. The van der Waals surface area contributed by atoms with E-state index in [-0.39, 0.29) is 6.04 Å². The molecule has 14 heavy (non-hydrogen) atoms. The van der Waals surface area contributed by atoms with E-state index < -0.39 is 0 Å². The fourth-order valence-corrected chi connectivity index (χ4v) is 1.41. The van der Waals surface area contributed by atoms with E-state index in [1.165, 1.54) is 11.1 Å². The Morgan fingerprint density at radius 2 is 1.50 bits per heavy atom. The summed E-state index contributed by atoms with van der Waals surface area (Å²) >= 11 is 0. The lowest BCUT2D eigenvalue weighted by Crippen LogP contribution is -2.16. The van der Waals surface area contributed by atoms with Crippen LogP contribution in [0.1, 0.15) is 43.9 Å². The molecule has 1 rings (SSSR count). The van der Waals surface area contributed by atoms with E-state index in [9.17, 15) is 0 Å². The molecule has 2 heteroatoms. The van der Waals surface area contributed by atoms with Gasteiger partial charge in [0.2, 0.25) is 0 Å². The van der Waals surface area contributed by atoms with Crippen molar-refractivity contribution in [2.45, 2.75) is 32.7 Å². The van der Waals surface area contributed by atoms with Crippen molar-refractivity contribution >= 4 is 0 Å². The highest BCUT2D eigenvalue weighted by atomic mass is 16.6. The van der Waals surface area contributed by atoms with Crippen LogP contribution < -0.4 is 5.48 Å². The maximum absolute atomic E-state index is 4.89. The number of nitrogens with one attached hydrogen (secondary N) is 1. The van der Waals surface area contributed by atoms with Crippen molar-refractivity contribution in [1.29, 1.82) is 0 Å². The van der Waals surface area contributed by atoms with Gasteiger partial charge in [0.05, 0.1) is 13.2 Å². The Balaban J connectivity index is 2.72. The number of hydrogen-bond donors (Lipinski definition) is 1. The predicted octanol–water partition coefficient (Wildman–Crippen LogP) is 3.02. The first-order valence-corrected chi connectivity index (χ1v) is 5.03. The van der Waals surface area contributed by atoms with Gasteiger partial charge in [-0.3, -0.25) is 0 Å². The summed E-state index contributed by atoms with van der Waals surface area (Å²) in [5.41, 5.74) is 5.53. The van der Waals surface area contributed by atoms with Gasteiger partial charge in [-0.25, -0.2) is 0 Å². The molecule has 1 atom stereocenters. The molecule has 0 heterocycles. The van der Waals surface area contributed by atoms with Crippen LogP contribution in [0.2, 0.25) is 0 Å². The summed E-state index contributed by atoms with van der Waals surface area (Å²) in [6.07, 6.45) is 0. The molecule has 0 saturated carbocycles. The Bertz CT molecular complexity index is 266. The van der Waals surface area contributed by atoms with Crippen LogP contribution in [0.4, 0.5) is 0 Å². The second-order valence-electron chi connectivity index (χ2n) is 3.87. The van der Waals surface area contributed by atoms with Gasteiger partial charge in [0.25, 0.3) is 0 Å². The Morgan fingerprint density at radius 1 is 1.00 bits per heavy atom. The summed E-state index contributed by atoms with van der Waals surface area (Å²) < 4.78 is 0. The Kier molecular flexibility index (Phi) is 4.11. The van der Waals surface area contributed by atoms with Gasteiger partial charge in [0.15, 0.2) is 0 Å². The largest absolute Gasteiger partial charge is 0.305 e. The molecule has 0 bridgehead atoms. The summed E-state index contributed by atoms with van der Waals surface area (Å²) in [5.74, 6) is 0.592. The predicted molar refractivity (Wildman–Crippen MR) is 59.1 cm³/mol. The molecule has 0 radical (unpaired) electrons. The van der Waals surface area contributed by atoms with E-state index in [2.05, 4.69) is 50.5 Å². The van der Waals surface area contributed by atoms with Crippen LogP contribution in [-0.2, 0) is 4.84 Å². The zero-order chi connectivity index (χ0) is 10.6. The van der Waals surface area contributed by atoms with Crippen molar-refractivity contribution in [2.24, 2.45) is 0 Å². The zero-order valence-corrected chi connectivity index (χ0v) is 9.37. The molecule has 1 aromatic rings. The lowest BCUT2D eigenvalue weighted by molar-refractivity contribution is 0.0659. The molecule has 0 amide bonds. The normalized spacial score (nSPS) is 13.2. The van der Waals surface area contributed by atoms with Gasteiger partial charge in [-0.1, -0.05) is 38.1 Å². The standard InChI is InChI=1S/C12H19NO/c1-9(2)11-5-7-12(8-6-11)10(3)13-14-4/h5-10,13H,1-4H3. The molecule has 0 saturated heterocycles. The number of hydrogen-bond acceptors (Lipinski definition) is 2. The van der Waals surface area contributed by atoms with Gasteiger partial charge in [0, 0.05) is 0 Å². The summed E-state index contributed by atoms with van der Waals surface area (Å²) in [6, 6.07) is 8.88. The van der Waals surface area contributed by atoms with Crippen LogP contribution in [-0.4, -0.2) is 7.11 Å². The molecule has 1 N–H and O–H groups in total. The first kappa shape index (κ1) is 11.2. The van der Waals surface area contributed by atoms with Crippen molar-refractivity contribution in [3.63, 3.8) is 0 Å². The van der Waals surface area contributed by atoms with Crippen LogP contribution in [0.15, 0.2) is 24.3 Å². The third-order valence-corrected chi connectivity index (χ3v) is 2.40. The molecule has 0 aliphatic heterocycles. The fourth-order valence-electron chi connectivity index (χ4n) is 1.41. The lowest BCUT2D eigenvalue weighted by atomic mass is 10.00. The van der Waals surface area contributed by atoms with Gasteiger partial charge < -0.3 is 4.84 Å². The third kappa shape index (κ3) is 2.82. The van der Waals surface area contributed by atoms with Crippen LogP contribution in [0.5, 0.6) is 0 Å². The fraction of sp³-hybridized carbons (Fsp3) is 0.500. The molecule has 1 aromatic carbocycles. The van der Waals surface area contributed by atoms with Crippen LogP contribution >= 0.6 is 0 Å². The molecule has 0 aliphatic rings. The van der Waals surface area contributed by atoms with Gasteiger partial charge in [-0.05, 0) is 24.0 Å². The van der Waals surface area contributed by atoms with E-state index in [0.717, 1.165) is 0 Å². The average molecular weight is 193 g/mol. The summed E-state index contributed by atoms with van der Waals surface area (Å²) in [5, 5.41) is 0. The summed E-state index contributed by atoms with van der Waals surface area (Å²) in [4.78, 5) is 4.89. The Labute approximate surface area is 86.2 Å². The second kappa shape index (κ2) is 5.13. The van der Waals surface area contributed by atoms with Gasteiger partial charge in [-0.15, -0.1) is 0 Å². The van der Waals surface area contributed by atoms with Crippen molar-refractivity contribution in [1.82, 2.24) is 5.48 Å². The number of hydroxylamine groups is 1. The maximum Gasteiger partial charge on any atom is 0.0572 e. The minimum atomic E-state index is 0.237. The van der Waals surface area contributed by atoms with Crippen molar-refractivity contribution in [3.05, 3.63) is 35.4 Å². The average Bonchev–Trinajstić information content (AvgIpc) is 2.18. The molecule has 0 aliphatic carbocycles. The molecule has 78 valence electrons. The molecular weight excluding hydrogens is 174 g/mol. The van der Waals surface area contributed by atoms with E-state index in [4.69, 9.17) is 4.84 Å². The minimum absolute atomic E-state index is 0.237. The van der Waals surface area contributed by atoms with Crippen LogP contribution in [0.25, 0.3) is 0 Å². The number of rotatable bonds is 4. The Hall–Kier alpha value is -0.860. The molecule has 0 spiro atoms. The highest BCUT2D eigenvalue weighted by molar-refractivity contribution is 5.26. The summed E-state index contributed by atoms with van der Waals surface area (Å²) in [7, 11) is 1.64. The third-order valence-electron chi connectivity index (χ3n) is 2.40. The first-order chi connectivity index (χ1) is 6.65. The molecule has 0 aromatic heterocycles. The molecular formula is C12H19NO. The summed E-state index contributed by atoms with van der Waals surface area (Å²) in [6.45, 7) is 6.48. The van der Waals surface area contributed by atoms with Crippen molar-refractivity contribution in [2.75, 3.05) is 7.11 Å². The van der Waals surface area contributed by atoms with E-state index in [1.54, 1.807) is 7.11 Å². The molecule has 2 nitrogen and oxygen atoms in total. The highest BCUT2D eigenvalue weighted by Crippen LogP contribution is 2.18. The van der Waals surface area contributed by atoms with Gasteiger partial charge >= 0.3 is 0 Å². The van der Waals surface area contributed by atoms with E-state index >= 15 is 0 Å². The van der Waals surface area contributed by atoms with E-state index in [0.29, 0.717) is 5.92 Å². The first-order valence-electron chi connectivity index (χ1n) is 5.03. The lowest BCUT2D eigenvalue weighted by Gasteiger charge is -2.13. The van der Waals surface area contributed by atoms with Gasteiger partial charge in [0.1, 0.15) is 0 Å². The SMILES string of the molecule is CONC(C)c1ccc(C(C)C)cc1. The topological polar surface area (TPSA) is 21.3 Å². The second-order valence-corrected chi connectivity index (χ2v) is 3.87. The smallest absolute Gasteiger partial charge is 0.0572 e. The molecule has 0 fully saturated rings. The number of benzene rings is 1. The van der Waals surface area contributed by atoms with Crippen molar-refractivity contribution < 1.29 is 4.84 Å². The minimum Gasteiger partial charge on any atom is -0.305 e. The zero-order valence-electron chi connectivity index (χ0n) is 9.37. The van der Waals surface area contributed by atoms with Gasteiger partial charge in [-0.2, -0.15) is 5.48 Å². The maximum atomic E-state index is 4.89. The van der Waals surface area contributed by atoms with Crippen LogP contribution in [0.3, 0.4) is 0 Å². The van der Waals surface area contributed by atoms with E-state index in [1.807, 2.05) is 0 Å². The molecule has 1 unspecified atom stereocenters. The Morgan fingerprint density at radius 3 is 1.93 bits per heavy atom. The van der Waals surface area contributed by atoms with Crippen molar-refractivity contribution in [3.8, 4) is 0 Å². The monoisotopic (exact) mass is 193 g/mol.